The lowest BCUT2D eigenvalue weighted by atomic mass is 10.0. The van der Waals surface area contributed by atoms with Gasteiger partial charge in [-0.15, -0.1) is 0 Å². The van der Waals surface area contributed by atoms with E-state index in [1.807, 2.05) is 6.92 Å². The molecule has 1 heterocycles. The average Bonchev–Trinajstić information content (AvgIpc) is 2.47. The van der Waals surface area contributed by atoms with E-state index in [-0.39, 0.29) is 17.9 Å². The molecule has 0 saturated carbocycles. The van der Waals surface area contributed by atoms with Crippen molar-refractivity contribution in [2.45, 2.75) is 44.6 Å². The summed E-state index contributed by atoms with van der Waals surface area (Å²) >= 11 is 0. The second-order valence-corrected chi connectivity index (χ2v) is 7.15. The van der Waals surface area contributed by atoms with Crippen molar-refractivity contribution in [3.8, 4) is 0 Å². The molecule has 1 aliphatic rings. The van der Waals surface area contributed by atoms with E-state index >= 15 is 0 Å². The smallest absolute Gasteiger partial charge is 0.152 e. The summed E-state index contributed by atoms with van der Waals surface area (Å²) in [6.07, 6.45) is 4.79. The quantitative estimate of drug-likeness (QED) is 0.652. The van der Waals surface area contributed by atoms with Crippen molar-refractivity contribution < 1.29 is 13.5 Å². The van der Waals surface area contributed by atoms with Crippen LogP contribution in [0.1, 0.15) is 39.0 Å². The van der Waals surface area contributed by atoms with E-state index in [2.05, 4.69) is 5.32 Å². The minimum atomic E-state index is -2.80. The van der Waals surface area contributed by atoms with Crippen molar-refractivity contribution in [3.63, 3.8) is 0 Å². The molecule has 1 unspecified atom stereocenters. The number of hydrogen-bond donors (Lipinski definition) is 2. The van der Waals surface area contributed by atoms with Crippen molar-refractivity contribution >= 4 is 9.84 Å². The molecule has 0 bridgehead atoms. The Bertz CT molecular complexity index is 302. The van der Waals surface area contributed by atoms with Gasteiger partial charge in [-0.25, -0.2) is 8.42 Å². The number of hydrogen-bond acceptors (Lipinski definition) is 4. The molecule has 1 rings (SSSR count). The normalized spacial score (nSPS) is 28.4. The zero-order valence-corrected chi connectivity index (χ0v) is 10.9. The van der Waals surface area contributed by atoms with Gasteiger partial charge in [0.05, 0.1) is 11.5 Å². The van der Waals surface area contributed by atoms with Gasteiger partial charge in [-0.3, -0.25) is 0 Å². The highest BCUT2D eigenvalue weighted by atomic mass is 32.2. The average molecular weight is 249 g/mol. The summed E-state index contributed by atoms with van der Waals surface area (Å²) in [7, 11) is -2.80. The Morgan fingerprint density at radius 1 is 1.25 bits per heavy atom. The van der Waals surface area contributed by atoms with Crippen LogP contribution in [0, 0.1) is 0 Å². The van der Waals surface area contributed by atoms with Crippen LogP contribution in [0.2, 0.25) is 0 Å². The lowest BCUT2D eigenvalue weighted by molar-refractivity contribution is 0.281. The van der Waals surface area contributed by atoms with Gasteiger partial charge in [-0.2, -0.15) is 0 Å². The summed E-state index contributed by atoms with van der Waals surface area (Å²) in [5.74, 6) is 0.595. The highest BCUT2D eigenvalue weighted by Gasteiger charge is 2.37. The zero-order valence-electron chi connectivity index (χ0n) is 10.0. The van der Waals surface area contributed by atoms with Gasteiger partial charge in [0, 0.05) is 12.1 Å². The highest BCUT2D eigenvalue weighted by molar-refractivity contribution is 7.91. The van der Waals surface area contributed by atoms with E-state index in [1.165, 1.54) is 0 Å². The molecule has 0 aromatic carbocycles. The number of sulfone groups is 1. The van der Waals surface area contributed by atoms with E-state index in [0.29, 0.717) is 5.75 Å². The van der Waals surface area contributed by atoms with Gasteiger partial charge in [0.2, 0.25) is 0 Å². The van der Waals surface area contributed by atoms with Crippen molar-refractivity contribution in [1.29, 1.82) is 0 Å². The van der Waals surface area contributed by atoms with Gasteiger partial charge in [-0.1, -0.05) is 12.8 Å². The fourth-order valence-electron chi connectivity index (χ4n) is 2.13. The Morgan fingerprint density at radius 3 is 2.50 bits per heavy atom. The fraction of sp³-hybridized carbons (Fsp3) is 1.00. The van der Waals surface area contributed by atoms with Crippen LogP contribution >= 0.6 is 0 Å². The van der Waals surface area contributed by atoms with Crippen LogP contribution in [0.25, 0.3) is 0 Å². The first-order chi connectivity index (χ1) is 7.47. The topological polar surface area (TPSA) is 66.4 Å². The molecule has 1 atom stereocenters. The Balaban J connectivity index is 2.13. The zero-order chi connectivity index (χ0) is 12.1. The van der Waals surface area contributed by atoms with Crippen molar-refractivity contribution in [2.75, 3.05) is 24.7 Å². The van der Waals surface area contributed by atoms with Gasteiger partial charge in [0.15, 0.2) is 9.84 Å². The van der Waals surface area contributed by atoms with Crippen molar-refractivity contribution in [2.24, 2.45) is 0 Å². The van der Waals surface area contributed by atoms with Gasteiger partial charge in [0.25, 0.3) is 0 Å². The molecule has 2 N–H and O–H groups in total. The molecule has 0 aromatic rings. The lowest BCUT2D eigenvalue weighted by Gasteiger charge is -2.23. The minimum Gasteiger partial charge on any atom is -0.396 e. The lowest BCUT2D eigenvalue weighted by Crippen LogP contribution is -2.43. The molecule has 0 aromatic heterocycles. The van der Waals surface area contributed by atoms with E-state index in [4.69, 9.17) is 5.11 Å². The van der Waals surface area contributed by atoms with E-state index in [0.717, 1.165) is 38.6 Å². The molecule has 16 heavy (non-hydrogen) atoms. The second kappa shape index (κ2) is 5.98. The van der Waals surface area contributed by atoms with Crippen molar-refractivity contribution in [1.82, 2.24) is 5.32 Å². The Kier molecular flexibility index (Phi) is 5.21. The monoisotopic (exact) mass is 249 g/mol. The molecule has 1 fully saturated rings. The molecule has 0 spiro atoms. The molecule has 0 amide bonds. The first-order valence-corrected chi connectivity index (χ1v) is 7.86. The van der Waals surface area contributed by atoms with Crippen LogP contribution in [0.3, 0.4) is 0 Å². The maximum Gasteiger partial charge on any atom is 0.152 e. The summed E-state index contributed by atoms with van der Waals surface area (Å²) in [6.45, 7) is 3.13. The predicted octanol–water partition coefficient (Wildman–Crippen LogP) is 0.706. The number of aliphatic hydroxyl groups is 1. The third-order valence-corrected chi connectivity index (χ3v) is 5.04. The van der Waals surface area contributed by atoms with Crippen molar-refractivity contribution in [3.05, 3.63) is 0 Å². The third kappa shape index (κ3) is 4.80. The van der Waals surface area contributed by atoms with E-state index in [1.54, 1.807) is 0 Å². The van der Waals surface area contributed by atoms with Crippen LogP contribution < -0.4 is 5.32 Å². The largest absolute Gasteiger partial charge is 0.396 e. The second-order valence-electron chi connectivity index (χ2n) is 4.97. The van der Waals surface area contributed by atoms with Crippen LogP contribution in [-0.4, -0.2) is 43.7 Å². The number of nitrogens with one attached hydrogen (secondary N) is 1. The summed E-state index contributed by atoms with van der Waals surface area (Å²) in [4.78, 5) is 0. The first kappa shape index (κ1) is 13.9. The molecule has 1 aliphatic heterocycles. The van der Waals surface area contributed by atoms with Crippen LogP contribution in [0.5, 0.6) is 0 Å². The molecule has 0 aliphatic carbocycles. The predicted molar refractivity (Wildman–Crippen MR) is 65.2 cm³/mol. The molecule has 1 saturated heterocycles. The van der Waals surface area contributed by atoms with E-state index < -0.39 is 9.84 Å². The van der Waals surface area contributed by atoms with E-state index in [9.17, 15) is 8.42 Å². The fourth-order valence-corrected chi connectivity index (χ4v) is 4.25. The Labute approximate surface area is 98.4 Å². The van der Waals surface area contributed by atoms with Gasteiger partial charge < -0.3 is 10.4 Å². The SMILES string of the molecule is CC1(NCCCCCCO)CCS(=O)(=O)C1. The van der Waals surface area contributed by atoms with Crippen LogP contribution in [-0.2, 0) is 9.84 Å². The molecular formula is C11H23NO3S. The maximum atomic E-state index is 11.4. The maximum absolute atomic E-state index is 11.4. The standard InChI is InChI=1S/C11H23NO3S/c1-11(6-9-16(14,15)10-11)12-7-4-2-3-5-8-13/h12-13H,2-10H2,1H3. The van der Waals surface area contributed by atoms with Gasteiger partial charge >= 0.3 is 0 Å². The number of rotatable bonds is 7. The van der Waals surface area contributed by atoms with Gasteiger partial charge in [-0.05, 0) is 32.7 Å². The van der Waals surface area contributed by atoms with Crippen LogP contribution in [0.15, 0.2) is 0 Å². The summed E-state index contributed by atoms with van der Waals surface area (Å²) < 4.78 is 22.7. The molecule has 96 valence electrons. The third-order valence-electron chi connectivity index (χ3n) is 3.14. The molecule has 4 nitrogen and oxygen atoms in total. The summed E-state index contributed by atoms with van der Waals surface area (Å²) in [5, 5.41) is 12.0. The van der Waals surface area contributed by atoms with Crippen LogP contribution in [0.4, 0.5) is 0 Å². The minimum absolute atomic E-state index is 0.212. The molecular weight excluding hydrogens is 226 g/mol. The molecule has 5 heteroatoms. The Morgan fingerprint density at radius 2 is 1.94 bits per heavy atom. The highest BCUT2D eigenvalue weighted by Crippen LogP contribution is 2.22. The molecule has 0 radical (unpaired) electrons. The number of unbranched alkanes of at least 4 members (excludes halogenated alkanes) is 3. The Hall–Kier alpha value is -0.130. The summed E-state index contributed by atoms with van der Waals surface area (Å²) in [6, 6.07) is 0. The number of aliphatic hydroxyl groups excluding tert-OH is 1. The van der Waals surface area contributed by atoms with Gasteiger partial charge in [0.1, 0.15) is 0 Å². The first-order valence-electron chi connectivity index (χ1n) is 6.04. The summed E-state index contributed by atoms with van der Waals surface area (Å²) in [5.41, 5.74) is -0.212.